The van der Waals surface area contributed by atoms with Crippen molar-refractivity contribution in [3.8, 4) is 0 Å². The number of rotatable bonds is 3. The molecule has 0 spiro atoms. The van der Waals surface area contributed by atoms with Crippen molar-refractivity contribution in [3.63, 3.8) is 0 Å². The number of nitrogens with zero attached hydrogens (tertiary/aromatic N) is 1. The van der Waals surface area contributed by atoms with Crippen molar-refractivity contribution in [2.75, 3.05) is 6.61 Å². The zero-order valence-electron chi connectivity index (χ0n) is 8.98. The molecule has 0 radical (unpaired) electrons. The van der Waals surface area contributed by atoms with Gasteiger partial charge in [0, 0.05) is 5.39 Å². The van der Waals surface area contributed by atoms with Crippen molar-refractivity contribution >= 4 is 10.9 Å². The second-order valence-corrected chi connectivity index (χ2v) is 3.83. The summed E-state index contributed by atoms with van der Waals surface area (Å²) in [5.74, 6) is -3.37. The van der Waals surface area contributed by atoms with Crippen molar-refractivity contribution < 1.29 is 13.9 Å². The molecule has 1 aromatic carbocycles. The van der Waals surface area contributed by atoms with E-state index in [-0.39, 0.29) is 5.69 Å². The summed E-state index contributed by atoms with van der Waals surface area (Å²) in [4.78, 5) is 4.07. The Morgan fingerprint density at radius 1 is 1.24 bits per heavy atom. The second kappa shape index (κ2) is 4.35. The van der Waals surface area contributed by atoms with Gasteiger partial charge in [0.15, 0.2) is 0 Å². The lowest BCUT2D eigenvalue weighted by Crippen LogP contribution is -2.36. The highest BCUT2D eigenvalue weighted by molar-refractivity contribution is 5.78. The molecule has 0 unspecified atom stereocenters. The highest BCUT2D eigenvalue weighted by atomic mass is 19.3. The lowest BCUT2D eigenvalue weighted by Gasteiger charge is -2.20. The zero-order valence-corrected chi connectivity index (χ0v) is 8.98. The number of benzene rings is 1. The van der Waals surface area contributed by atoms with Crippen molar-refractivity contribution in [3.05, 3.63) is 42.1 Å². The van der Waals surface area contributed by atoms with Gasteiger partial charge in [-0.1, -0.05) is 24.3 Å². The number of halogens is 2. The lowest BCUT2D eigenvalue weighted by atomic mass is 10.1. The Labute approximate surface area is 96.9 Å². The number of para-hydroxylation sites is 1. The molecule has 1 atom stereocenters. The Balaban J connectivity index is 2.43. The van der Waals surface area contributed by atoms with Gasteiger partial charge in [-0.3, -0.25) is 4.98 Å². The third-order valence-electron chi connectivity index (χ3n) is 2.60. The fourth-order valence-electron chi connectivity index (χ4n) is 1.57. The molecule has 0 aliphatic carbocycles. The standard InChI is InChI=1S/C12H12F2N2O/c13-12(14,7-17)11(15)10-6-5-8-3-1-2-4-9(8)16-10/h1-6,11,17H,7,15H2/t11-/m1/s1. The number of aliphatic hydroxyl groups excluding tert-OH is 1. The Morgan fingerprint density at radius 2 is 1.94 bits per heavy atom. The van der Waals surface area contributed by atoms with Crippen LogP contribution in [0.1, 0.15) is 11.7 Å². The second-order valence-electron chi connectivity index (χ2n) is 3.83. The summed E-state index contributed by atoms with van der Waals surface area (Å²) >= 11 is 0. The first-order chi connectivity index (χ1) is 8.04. The molecule has 0 fully saturated rings. The van der Waals surface area contributed by atoms with Gasteiger partial charge in [-0.05, 0) is 12.1 Å². The van der Waals surface area contributed by atoms with E-state index in [9.17, 15) is 8.78 Å². The van der Waals surface area contributed by atoms with Gasteiger partial charge in [-0.15, -0.1) is 0 Å². The first kappa shape index (κ1) is 11.9. The number of alkyl halides is 2. The highest BCUT2D eigenvalue weighted by Crippen LogP contribution is 2.28. The molecule has 0 amide bonds. The zero-order chi connectivity index (χ0) is 12.5. The molecule has 0 bridgehead atoms. The van der Waals surface area contributed by atoms with Crippen LogP contribution in [0.2, 0.25) is 0 Å². The molecule has 1 heterocycles. The molecule has 0 saturated heterocycles. The maximum absolute atomic E-state index is 13.2. The number of aromatic nitrogens is 1. The molecular formula is C12H12F2N2O. The van der Waals surface area contributed by atoms with Gasteiger partial charge in [0.2, 0.25) is 0 Å². The van der Waals surface area contributed by atoms with Gasteiger partial charge < -0.3 is 10.8 Å². The van der Waals surface area contributed by atoms with Gasteiger partial charge in [0.1, 0.15) is 12.6 Å². The number of aliphatic hydroxyl groups is 1. The summed E-state index contributed by atoms with van der Waals surface area (Å²) in [6.45, 7) is -1.29. The minimum Gasteiger partial charge on any atom is -0.390 e. The number of fused-ring (bicyclic) bond motifs is 1. The number of pyridine rings is 1. The summed E-state index contributed by atoms with van der Waals surface area (Å²) in [5.41, 5.74) is 6.08. The van der Waals surface area contributed by atoms with Crippen LogP contribution in [0.5, 0.6) is 0 Å². The Hall–Kier alpha value is -1.59. The SMILES string of the molecule is N[C@H](c1ccc2ccccc2n1)C(F)(F)CO. The molecule has 3 nitrogen and oxygen atoms in total. The van der Waals surface area contributed by atoms with E-state index in [1.54, 1.807) is 18.2 Å². The predicted molar refractivity (Wildman–Crippen MR) is 60.7 cm³/mol. The molecule has 2 rings (SSSR count). The van der Waals surface area contributed by atoms with Crippen LogP contribution < -0.4 is 5.73 Å². The van der Waals surface area contributed by atoms with Crippen molar-refractivity contribution in [2.45, 2.75) is 12.0 Å². The van der Waals surface area contributed by atoms with E-state index in [4.69, 9.17) is 10.8 Å². The van der Waals surface area contributed by atoms with Crippen LogP contribution in [-0.4, -0.2) is 22.6 Å². The normalized spacial score (nSPS) is 13.9. The molecular weight excluding hydrogens is 226 g/mol. The molecule has 90 valence electrons. The molecule has 3 N–H and O–H groups in total. The molecule has 0 aliphatic heterocycles. The molecule has 0 saturated carbocycles. The van der Waals surface area contributed by atoms with Crippen LogP contribution >= 0.6 is 0 Å². The van der Waals surface area contributed by atoms with Gasteiger partial charge >= 0.3 is 0 Å². The minimum atomic E-state index is -3.37. The molecule has 1 aromatic heterocycles. The fraction of sp³-hybridized carbons (Fsp3) is 0.250. The summed E-state index contributed by atoms with van der Waals surface area (Å²) in [6, 6.07) is 8.71. The van der Waals surface area contributed by atoms with E-state index >= 15 is 0 Å². The van der Waals surface area contributed by atoms with Crippen molar-refractivity contribution in [1.82, 2.24) is 4.98 Å². The van der Waals surface area contributed by atoms with E-state index in [0.29, 0.717) is 5.52 Å². The minimum absolute atomic E-state index is 0.0720. The summed E-state index contributed by atoms with van der Waals surface area (Å²) < 4.78 is 26.4. The van der Waals surface area contributed by atoms with E-state index in [1.165, 1.54) is 6.07 Å². The number of nitrogens with two attached hydrogens (primary N) is 1. The number of hydrogen-bond donors (Lipinski definition) is 2. The predicted octanol–water partition coefficient (Wildman–Crippen LogP) is 1.86. The quantitative estimate of drug-likeness (QED) is 0.858. The maximum Gasteiger partial charge on any atom is 0.291 e. The lowest BCUT2D eigenvalue weighted by molar-refractivity contribution is -0.0720. The monoisotopic (exact) mass is 238 g/mol. The fourth-order valence-corrected chi connectivity index (χ4v) is 1.57. The summed E-state index contributed by atoms with van der Waals surface area (Å²) in [7, 11) is 0. The molecule has 17 heavy (non-hydrogen) atoms. The molecule has 2 aromatic rings. The first-order valence-electron chi connectivity index (χ1n) is 5.14. The van der Waals surface area contributed by atoms with Gasteiger partial charge in [-0.25, -0.2) is 8.78 Å². The van der Waals surface area contributed by atoms with Crippen LogP contribution in [-0.2, 0) is 0 Å². The Bertz CT molecular complexity index is 531. The largest absolute Gasteiger partial charge is 0.390 e. The highest BCUT2D eigenvalue weighted by Gasteiger charge is 2.38. The van der Waals surface area contributed by atoms with Gasteiger partial charge in [0.25, 0.3) is 5.92 Å². The smallest absolute Gasteiger partial charge is 0.291 e. The van der Waals surface area contributed by atoms with E-state index in [1.807, 2.05) is 12.1 Å². The average Bonchev–Trinajstić information content (AvgIpc) is 2.37. The first-order valence-corrected chi connectivity index (χ1v) is 5.14. The van der Waals surface area contributed by atoms with Gasteiger partial charge in [0.05, 0.1) is 11.2 Å². The van der Waals surface area contributed by atoms with Crippen molar-refractivity contribution in [2.24, 2.45) is 5.73 Å². The van der Waals surface area contributed by atoms with Crippen LogP contribution in [0.25, 0.3) is 10.9 Å². The Morgan fingerprint density at radius 3 is 2.65 bits per heavy atom. The van der Waals surface area contributed by atoms with Gasteiger partial charge in [-0.2, -0.15) is 0 Å². The maximum atomic E-state index is 13.2. The van der Waals surface area contributed by atoms with Crippen LogP contribution in [0.3, 0.4) is 0 Å². The third kappa shape index (κ3) is 2.25. The van der Waals surface area contributed by atoms with Crippen molar-refractivity contribution in [1.29, 1.82) is 0 Å². The third-order valence-corrected chi connectivity index (χ3v) is 2.60. The average molecular weight is 238 g/mol. The number of hydrogen-bond acceptors (Lipinski definition) is 3. The summed E-state index contributed by atoms with van der Waals surface area (Å²) in [5, 5.41) is 9.44. The Kier molecular flexibility index (Phi) is 3.04. The van der Waals surface area contributed by atoms with E-state index in [2.05, 4.69) is 4.98 Å². The molecule has 5 heteroatoms. The van der Waals surface area contributed by atoms with E-state index in [0.717, 1.165) is 5.39 Å². The van der Waals surface area contributed by atoms with Crippen LogP contribution in [0.4, 0.5) is 8.78 Å². The topological polar surface area (TPSA) is 59.1 Å². The molecule has 0 aliphatic rings. The van der Waals surface area contributed by atoms with E-state index < -0.39 is 18.6 Å². The summed E-state index contributed by atoms with van der Waals surface area (Å²) in [6.07, 6.45) is 0. The van der Waals surface area contributed by atoms with Crippen LogP contribution in [0.15, 0.2) is 36.4 Å². The van der Waals surface area contributed by atoms with Crippen LogP contribution in [0, 0.1) is 0 Å².